The minimum atomic E-state index is -0.0697. The van der Waals surface area contributed by atoms with Crippen molar-refractivity contribution in [3.05, 3.63) is 247 Å². The quantitative estimate of drug-likeness (QED) is 0.160. The first-order chi connectivity index (χ1) is 29.1. The van der Waals surface area contributed by atoms with Crippen molar-refractivity contribution in [3.8, 4) is 33.4 Å². The summed E-state index contributed by atoms with van der Waals surface area (Å²) in [5.74, 6) is 0. The van der Waals surface area contributed by atoms with E-state index in [1.165, 1.54) is 72.7 Å². The average Bonchev–Trinajstić information content (AvgIpc) is 3.60. The Morgan fingerprint density at radius 3 is 1.71 bits per heavy atom. The number of benzene rings is 7. The van der Waals surface area contributed by atoms with Crippen molar-refractivity contribution >= 4 is 28.3 Å². The van der Waals surface area contributed by atoms with E-state index in [0.29, 0.717) is 0 Å². The molecule has 0 spiro atoms. The molecule has 2 heteroatoms. The molecule has 0 radical (unpaired) electrons. The van der Waals surface area contributed by atoms with Crippen LogP contribution in [0, 0.1) is 5.41 Å². The molecule has 59 heavy (non-hydrogen) atoms. The second-order valence-electron chi connectivity index (χ2n) is 15.9. The molecule has 7 aromatic carbocycles. The molecule has 1 atom stereocenters. The highest BCUT2D eigenvalue weighted by Gasteiger charge is 2.42. The molecule has 0 saturated carbocycles. The number of para-hydroxylation sites is 1. The maximum Gasteiger partial charge on any atom is 0.0507 e. The molecule has 0 N–H and O–H groups in total. The van der Waals surface area contributed by atoms with Gasteiger partial charge in [-0.05, 0) is 118 Å². The van der Waals surface area contributed by atoms with Crippen LogP contribution >= 0.6 is 0 Å². The summed E-state index contributed by atoms with van der Waals surface area (Å²) in [6.07, 6.45) is 17.8. The van der Waals surface area contributed by atoms with Crippen LogP contribution < -0.4 is 9.80 Å². The zero-order valence-corrected chi connectivity index (χ0v) is 33.6. The van der Waals surface area contributed by atoms with Crippen molar-refractivity contribution in [1.29, 1.82) is 0 Å². The molecular weight excluding hydrogens is 713 g/mol. The summed E-state index contributed by atoms with van der Waals surface area (Å²) in [6, 6.07) is 64.1. The Morgan fingerprint density at radius 2 is 1.10 bits per heavy atom. The normalized spacial score (nSPS) is 17.3. The minimum Gasteiger partial charge on any atom is -0.313 e. The Bertz CT molecular complexity index is 2720. The van der Waals surface area contributed by atoms with Crippen LogP contribution in [0.5, 0.6) is 0 Å². The summed E-state index contributed by atoms with van der Waals surface area (Å²) in [5, 5.41) is 0. The third-order valence-electron chi connectivity index (χ3n) is 12.2. The number of hydrogen-bond acceptors (Lipinski definition) is 2. The van der Waals surface area contributed by atoms with Crippen LogP contribution in [0.2, 0.25) is 0 Å². The summed E-state index contributed by atoms with van der Waals surface area (Å²) in [6.45, 7) is 4.48. The largest absolute Gasteiger partial charge is 0.313 e. The fourth-order valence-electron chi connectivity index (χ4n) is 9.16. The van der Waals surface area contributed by atoms with E-state index in [9.17, 15) is 0 Å². The maximum atomic E-state index is 2.53. The van der Waals surface area contributed by atoms with E-state index in [1.54, 1.807) is 0 Å². The van der Waals surface area contributed by atoms with Gasteiger partial charge in [0.2, 0.25) is 0 Å². The first-order valence-electron chi connectivity index (χ1n) is 20.7. The van der Waals surface area contributed by atoms with E-state index >= 15 is 0 Å². The second kappa shape index (κ2) is 15.3. The minimum absolute atomic E-state index is 0.0697. The van der Waals surface area contributed by atoms with Gasteiger partial charge in [0.15, 0.2) is 0 Å². The monoisotopic (exact) mass is 758 g/mol. The van der Waals surface area contributed by atoms with Crippen LogP contribution in [0.15, 0.2) is 230 Å². The summed E-state index contributed by atoms with van der Waals surface area (Å²) >= 11 is 0. The number of nitrogens with zero attached hydrogens (tertiary/aromatic N) is 2. The van der Waals surface area contributed by atoms with E-state index in [0.717, 1.165) is 29.9 Å². The summed E-state index contributed by atoms with van der Waals surface area (Å²) in [4.78, 5) is 4.90. The lowest BCUT2D eigenvalue weighted by Gasteiger charge is -2.35. The molecule has 0 saturated heterocycles. The van der Waals surface area contributed by atoms with E-state index in [-0.39, 0.29) is 5.41 Å². The molecule has 0 bridgehead atoms. The zero-order valence-electron chi connectivity index (χ0n) is 33.6. The van der Waals surface area contributed by atoms with Gasteiger partial charge in [0, 0.05) is 45.9 Å². The molecule has 2 aliphatic heterocycles. The van der Waals surface area contributed by atoms with Gasteiger partial charge in [-0.1, -0.05) is 171 Å². The van der Waals surface area contributed by atoms with Gasteiger partial charge in [-0.15, -0.1) is 0 Å². The van der Waals surface area contributed by atoms with Gasteiger partial charge in [0.25, 0.3) is 0 Å². The lowest BCUT2D eigenvalue weighted by molar-refractivity contribution is 0.527. The van der Waals surface area contributed by atoms with Gasteiger partial charge in [-0.25, -0.2) is 0 Å². The van der Waals surface area contributed by atoms with Crippen molar-refractivity contribution in [1.82, 2.24) is 0 Å². The third-order valence-corrected chi connectivity index (χ3v) is 12.2. The Kier molecular flexibility index (Phi) is 9.39. The van der Waals surface area contributed by atoms with Crippen LogP contribution in [-0.2, 0) is 6.42 Å². The molecule has 7 aromatic rings. The van der Waals surface area contributed by atoms with Crippen LogP contribution in [-0.4, -0.2) is 0 Å². The Hall–Kier alpha value is -7.16. The van der Waals surface area contributed by atoms with E-state index in [1.807, 2.05) is 0 Å². The zero-order chi connectivity index (χ0) is 39.8. The van der Waals surface area contributed by atoms with E-state index < -0.39 is 0 Å². The molecule has 1 aliphatic carbocycles. The van der Waals surface area contributed by atoms with Gasteiger partial charge in [0.05, 0.1) is 5.70 Å². The molecule has 2 heterocycles. The smallest absolute Gasteiger partial charge is 0.0507 e. The number of anilines is 4. The molecule has 0 aromatic heterocycles. The fraction of sp³-hybridized carbons (Fsp3) is 0.0877. The van der Waals surface area contributed by atoms with Gasteiger partial charge in [0.1, 0.15) is 0 Å². The van der Waals surface area contributed by atoms with Gasteiger partial charge in [-0.2, -0.15) is 0 Å². The number of rotatable bonds is 7. The lowest BCUT2D eigenvalue weighted by atomic mass is 9.81. The number of hydrogen-bond donors (Lipinski definition) is 0. The molecule has 0 amide bonds. The molecule has 2 nitrogen and oxygen atoms in total. The molecule has 284 valence electrons. The number of allylic oxidation sites excluding steroid dienone is 8. The highest BCUT2D eigenvalue weighted by atomic mass is 15.2. The van der Waals surface area contributed by atoms with Gasteiger partial charge in [-0.3, -0.25) is 0 Å². The van der Waals surface area contributed by atoms with Crippen molar-refractivity contribution < 1.29 is 0 Å². The van der Waals surface area contributed by atoms with Crippen LogP contribution in [0.4, 0.5) is 22.7 Å². The molecule has 0 fully saturated rings. The second-order valence-corrected chi connectivity index (χ2v) is 15.9. The molecule has 1 unspecified atom stereocenters. The Morgan fingerprint density at radius 1 is 0.559 bits per heavy atom. The van der Waals surface area contributed by atoms with Crippen LogP contribution in [0.25, 0.3) is 39.0 Å². The molecular formula is C57H46N2. The van der Waals surface area contributed by atoms with Crippen molar-refractivity contribution in [3.63, 3.8) is 0 Å². The van der Waals surface area contributed by atoms with Crippen molar-refractivity contribution in [2.24, 2.45) is 5.41 Å². The Labute approximate surface area is 348 Å². The highest BCUT2D eigenvalue weighted by molar-refractivity contribution is 5.94. The standard InChI is InChI=1S/C57H46N2/c1-3-4-21-52-51-23-15-22-50(53(51)39-46-20-11-12-24-54(46)59-55(52)40-57(2)38-14-13-25-56(57)59)45-30-36-49(37-31-45)58(47-32-26-43(27-33-47)41-16-7-5-8-17-41)48-34-28-44(29-35-48)42-18-9-6-10-19-42/h3-37,40H,38-39H2,1-2H3/b4-3-,52-21-. The first kappa shape index (κ1) is 36.2. The average molecular weight is 759 g/mol. The topological polar surface area (TPSA) is 6.48 Å². The molecule has 3 aliphatic rings. The Balaban J connectivity index is 1.07. The van der Waals surface area contributed by atoms with E-state index in [2.05, 4.69) is 242 Å². The lowest BCUT2D eigenvalue weighted by Crippen LogP contribution is -2.27. The van der Waals surface area contributed by atoms with Crippen LogP contribution in [0.1, 0.15) is 37.0 Å². The number of fused-ring (bicyclic) bond motifs is 6. The summed E-state index contributed by atoms with van der Waals surface area (Å²) in [7, 11) is 0. The van der Waals surface area contributed by atoms with E-state index in [4.69, 9.17) is 0 Å². The van der Waals surface area contributed by atoms with Gasteiger partial charge >= 0.3 is 0 Å². The summed E-state index contributed by atoms with van der Waals surface area (Å²) in [5.41, 5.74) is 19.6. The van der Waals surface area contributed by atoms with Crippen LogP contribution in [0.3, 0.4) is 0 Å². The van der Waals surface area contributed by atoms with Gasteiger partial charge < -0.3 is 9.80 Å². The highest BCUT2D eigenvalue weighted by Crippen LogP contribution is 2.53. The third kappa shape index (κ3) is 6.67. The van der Waals surface area contributed by atoms with Crippen molar-refractivity contribution in [2.45, 2.75) is 26.7 Å². The predicted octanol–water partition coefficient (Wildman–Crippen LogP) is 15.3. The van der Waals surface area contributed by atoms with Crippen molar-refractivity contribution in [2.75, 3.05) is 9.80 Å². The first-order valence-corrected chi connectivity index (χ1v) is 20.7. The SMILES string of the molecule is C/C=C\C=C1/C2=CC3(C)CC=CC=C3N2c2ccccc2Cc2c1cccc2-c1ccc(N(c2ccc(-c3ccccc3)cc2)c2ccc(-c3ccccc3)cc2)cc1. The molecule has 10 rings (SSSR count). The maximum absolute atomic E-state index is 2.53. The summed E-state index contributed by atoms with van der Waals surface area (Å²) < 4.78 is 0. The predicted molar refractivity (Wildman–Crippen MR) is 250 cm³/mol. The fourth-order valence-corrected chi connectivity index (χ4v) is 9.16.